The lowest BCUT2D eigenvalue weighted by Gasteiger charge is -2.21. The van der Waals surface area contributed by atoms with Crippen molar-refractivity contribution in [3.8, 4) is 0 Å². The second-order valence-corrected chi connectivity index (χ2v) is 5.26. The predicted molar refractivity (Wildman–Crippen MR) is 77.0 cm³/mol. The van der Waals surface area contributed by atoms with E-state index in [-0.39, 0.29) is 0 Å². The van der Waals surface area contributed by atoms with E-state index in [2.05, 4.69) is 23.5 Å². The van der Waals surface area contributed by atoms with Gasteiger partial charge in [-0.05, 0) is 54.5 Å². The average Bonchev–Trinajstić information content (AvgIpc) is 2.44. The van der Waals surface area contributed by atoms with Gasteiger partial charge in [0.1, 0.15) is 11.6 Å². The fraction of sp³-hybridized carbons (Fsp3) is 0.294. The van der Waals surface area contributed by atoms with Crippen LogP contribution in [-0.4, -0.2) is 6.54 Å². The van der Waals surface area contributed by atoms with Gasteiger partial charge in [0.25, 0.3) is 0 Å². The van der Waals surface area contributed by atoms with Gasteiger partial charge < -0.3 is 5.32 Å². The standard InChI is InChI=1S/C17H17F2N/c18-15-9-12(10-16(19)11-15)6-7-14-4-1-3-13-5-2-8-20-17(13)14/h1,3-4,9-11,20H,2,5-8H2. The minimum atomic E-state index is -0.506. The van der Waals surface area contributed by atoms with Crippen LogP contribution in [-0.2, 0) is 19.3 Å². The molecule has 0 bridgehead atoms. The van der Waals surface area contributed by atoms with Crippen molar-refractivity contribution >= 4 is 5.69 Å². The minimum Gasteiger partial charge on any atom is -0.385 e. The molecule has 0 radical (unpaired) electrons. The zero-order chi connectivity index (χ0) is 13.9. The van der Waals surface area contributed by atoms with Crippen molar-refractivity contribution in [2.75, 3.05) is 11.9 Å². The average molecular weight is 273 g/mol. The highest BCUT2D eigenvalue weighted by Gasteiger charge is 2.12. The van der Waals surface area contributed by atoms with Crippen LogP contribution in [0, 0.1) is 11.6 Å². The Hall–Kier alpha value is -1.90. The fourth-order valence-corrected chi connectivity index (χ4v) is 2.82. The third kappa shape index (κ3) is 2.82. The molecule has 0 fully saturated rings. The van der Waals surface area contributed by atoms with Gasteiger partial charge >= 0.3 is 0 Å². The van der Waals surface area contributed by atoms with Crippen LogP contribution in [0.4, 0.5) is 14.5 Å². The van der Waals surface area contributed by atoms with E-state index < -0.39 is 11.6 Å². The summed E-state index contributed by atoms with van der Waals surface area (Å²) in [4.78, 5) is 0. The van der Waals surface area contributed by atoms with Crippen molar-refractivity contribution in [1.29, 1.82) is 0 Å². The monoisotopic (exact) mass is 273 g/mol. The van der Waals surface area contributed by atoms with Crippen LogP contribution < -0.4 is 5.32 Å². The first-order valence-corrected chi connectivity index (χ1v) is 7.02. The Morgan fingerprint density at radius 1 is 1.00 bits per heavy atom. The van der Waals surface area contributed by atoms with Gasteiger partial charge in [-0.25, -0.2) is 8.78 Å². The van der Waals surface area contributed by atoms with Gasteiger partial charge in [-0.3, -0.25) is 0 Å². The van der Waals surface area contributed by atoms with E-state index in [0.717, 1.165) is 31.9 Å². The molecule has 1 heterocycles. The number of halogens is 2. The largest absolute Gasteiger partial charge is 0.385 e. The summed E-state index contributed by atoms with van der Waals surface area (Å²) in [5.41, 5.74) is 4.50. The summed E-state index contributed by atoms with van der Waals surface area (Å²) in [5, 5.41) is 3.44. The highest BCUT2D eigenvalue weighted by atomic mass is 19.1. The molecular weight excluding hydrogens is 256 g/mol. The first kappa shape index (κ1) is 13.1. The van der Waals surface area contributed by atoms with Gasteiger partial charge in [0, 0.05) is 18.3 Å². The Bertz CT molecular complexity index is 602. The summed E-state index contributed by atoms with van der Waals surface area (Å²) in [5.74, 6) is -1.01. The van der Waals surface area contributed by atoms with Gasteiger partial charge in [-0.2, -0.15) is 0 Å². The van der Waals surface area contributed by atoms with Crippen molar-refractivity contribution < 1.29 is 8.78 Å². The van der Waals surface area contributed by atoms with E-state index in [1.165, 1.54) is 28.9 Å². The summed E-state index contributed by atoms with van der Waals surface area (Å²) >= 11 is 0. The van der Waals surface area contributed by atoms with E-state index in [4.69, 9.17) is 0 Å². The Labute approximate surface area is 117 Å². The molecule has 0 spiro atoms. The van der Waals surface area contributed by atoms with Crippen molar-refractivity contribution in [1.82, 2.24) is 0 Å². The Morgan fingerprint density at radius 2 is 1.80 bits per heavy atom. The predicted octanol–water partition coefficient (Wildman–Crippen LogP) is 4.11. The molecule has 0 saturated carbocycles. The molecular formula is C17H17F2N. The van der Waals surface area contributed by atoms with E-state index in [1.54, 1.807) is 0 Å². The third-order valence-corrected chi connectivity index (χ3v) is 3.77. The van der Waals surface area contributed by atoms with Crippen LogP contribution in [0.3, 0.4) is 0 Å². The van der Waals surface area contributed by atoms with Crippen LogP contribution in [0.2, 0.25) is 0 Å². The highest BCUT2D eigenvalue weighted by molar-refractivity contribution is 5.59. The van der Waals surface area contributed by atoms with Crippen molar-refractivity contribution in [2.45, 2.75) is 25.7 Å². The number of fused-ring (bicyclic) bond motifs is 1. The van der Waals surface area contributed by atoms with Gasteiger partial charge in [0.15, 0.2) is 0 Å². The molecule has 2 aromatic carbocycles. The third-order valence-electron chi connectivity index (χ3n) is 3.77. The molecule has 1 aliphatic rings. The molecule has 3 heteroatoms. The first-order chi connectivity index (χ1) is 9.72. The molecule has 0 amide bonds. The van der Waals surface area contributed by atoms with Crippen molar-refractivity contribution in [2.24, 2.45) is 0 Å². The van der Waals surface area contributed by atoms with Gasteiger partial charge in [-0.15, -0.1) is 0 Å². The summed E-state index contributed by atoms with van der Waals surface area (Å²) in [6.07, 6.45) is 3.70. The first-order valence-electron chi connectivity index (χ1n) is 7.02. The molecule has 1 aliphatic heterocycles. The Kier molecular flexibility index (Phi) is 3.68. The van der Waals surface area contributed by atoms with E-state index in [0.29, 0.717) is 12.0 Å². The second kappa shape index (κ2) is 5.61. The lowest BCUT2D eigenvalue weighted by molar-refractivity contribution is 0.579. The molecule has 0 aliphatic carbocycles. The maximum Gasteiger partial charge on any atom is 0.126 e. The highest BCUT2D eigenvalue weighted by Crippen LogP contribution is 2.27. The van der Waals surface area contributed by atoms with Crippen molar-refractivity contribution in [3.63, 3.8) is 0 Å². The number of nitrogens with one attached hydrogen (secondary N) is 1. The normalized spacial score (nSPS) is 13.7. The molecule has 104 valence electrons. The topological polar surface area (TPSA) is 12.0 Å². The van der Waals surface area contributed by atoms with E-state index in [9.17, 15) is 8.78 Å². The lowest BCUT2D eigenvalue weighted by Crippen LogP contribution is -2.14. The van der Waals surface area contributed by atoms with Gasteiger partial charge in [-0.1, -0.05) is 18.2 Å². The maximum atomic E-state index is 13.2. The molecule has 0 saturated heterocycles. The SMILES string of the molecule is Fc1cc(F)cc(CCc2cccc3c2NCCC3)c1. The maximum absolute atomic E-state index is 13.2. The van der Waals surface area contributed by atoms with Crippen LogP contribution in [0.25, 0.3) is 0 Å². The smallest absolute Gasteiger partial charge is 0.126 e. The number of hydrogen-bond acceptors (Lipinski definition) is 1. The Morgan fingerprint density at radius 3 is 2.60 bits per heavy atom. The molecule has 0 atom stereocenters. The van der Waals surface area contributed by atoms with Crippen LogP contribution >= 0.6 is 0 Å². The minimum absolute atomic E-state index is 0.506. The molecule has 3 rings (SSSR count). The van der Waals surface area contributed by atoms with Gasteiger partial charge in [0.2, 0.25) is 0 Å². The zero-order valence-corrected chi connectivity index (χ0v) is 11.3. The van der Waals surface area contributed by atoms with Crippen LogP contribution in [0.1, 0.15) is 23.1 Å². The number of hydrogen-bond donors (Lipinski definition) is 1. The van der Waals surface area contributed by atoms with Gasteiger partial charge in [0.05, 0.1) is 0 Å². The van der Waals surface area contributed by atoms with Crippen molar-refractivity contribution in [3.05, 3.63) is 64.7 Å². The summed E-state index contributed by atoms with van der Waals surface area (Å²) in [6, 6.07) is 10.0. The number of rotatable bonds is 3. The number of para-hydroxylation sites is 1. The molecule has 20 heavy (non-hydrogen) atoms. The molecule has 1 nitrogen and oxygen atoms in total. The van der Waals surface area contributed by atoms with Crippen LogP contribution in [0.15, 0.2) is 36.4 Å². The second-order valence-electron chi connectivity index (χ2n) is 5.26. The molecule has 0 unspecified atom stereocenters. The van der Waals surface area contributed by atoms with E-state index in [1.807, 2.05) is 0 Å². The zero-order valence-electron chi connectivity index (χ0n) is 11.3. The molecule has 2 aromatic rings. The van der Waals surface area contributed by atoms with E-state index >= 15 is 0 Å². The molecule has 1 N–H and O–H groups in total. The quantitative estimate of drug-likeness (QED) is 0.887. The number of benzene rings is 2. The lowest BCUT2D eigenvalue weighted by atomic mass is 9.96. The van der Waals surface area contributed by atoms with Crippen LogP contribution in [0.5, 0.6) is 0 Å². The number of aryl methyl sites for hydroxylation is 3. The fourth-order valence-electron chi connectivity index (χ4n) is 2.82. The Balaban J connectivity index is 1.78. The molecule has 0 aromatic heterocycles. The number of anilines is 1. The summed E-state index contributed by atoms with van der Waals surface area (Å²) in [7, 11) is 0. The summed E-state index contributed by atoms with van der Waals surface area (Å²) in [6.45, 7) is 0.999. The summed E-state index contributed by atoms with van der Waals surface area (Å²) < 4.78 is 26.3.